The second-order valence-corrected chi connectivity index (χ2v) is 6.90. The predicted octanol–water partition coefficient (Wildman–Crippen LogP) is -0.964. The summed E-state index contributed by atoms with van der Waals surface area (Å²) in [6.45, 7) is 8.37. The molecule has 0 aromatic carbocycles. The van der Waals surface area contributed by atoms with E-state index in [9.17, 15) is 0 Å². The van der Waals surface area contributed by atoms with Gasteiger partial charge in [0.15, 0.2) is 0 Å². The van der Waals surface area contributed by atoms with Crippen molar-refractivity contribution in [2.24, 2.45) is 11.3 Å². The van der Waals surface area contributed by atoms with Crippen molar-refractivity contribution < 1.29 is 21.5 Å². The molecule has 1 fully saturated rings. The van der Waals surface area contributed by atoms with Gasteiger partial charge in [-0.3, -0.25) is 0 Å². The Labute approximate surface area is 80.9 Å². The number of rotatable bonds is 2. The van der Waals surface area contributed by atoms with E-state index in [1.807, 2.05) is 0 Å². The van der Waals surface area contributed by atoms with Crippen LogP contribution >= 0.6 is 0 Å². The molecule has 1 saturated heterocycles. The first-order valence-corrected chi connectivity index (χ1v) is 7.04. The van der Waals surface area contributed by atoms with E-state index in [-0.39, 0.29) is 0 Å². The zero-order chi connectivity index (χ0) is 8.32. The van der Waals surface area contributed by atoms with Crippen molar-refractivity contribution >= 4 is 0 Å². The predicted molar refractivity (Wildman–Crippen MR) is 45.0 cm³/mol. The van der Waals surface area contributed by atoms with Crippen molar-refractivity contribution in [2.45, 2.75) is 33.6 Å². The third kappa shape index (κ3) is 3.28. The molecule has 0 radical (unpaired) electrons. The van der Waals surface area contributed by atoms with Crippen LogP contribution in [-0.4, -0.2) is 11.0 Å². The van der Waals surface area contributed by atoms with Crippen molar-refractivity contribution in [3.8, 4) is 0 Å². The van der Waals surface area contributed by atoms with Crippen molar-refractivity contribution in [3.63, 3.8) is 0 Å². The molecule has 0 saturated carbocycles. The molecule has 0 aromatic rings. The Morgan fingerprint density at radius 3 is 2.73 bits per heavy atom. The Morgan fingerprint density at radius 1 is 1.55 bits per heavy atom. The molecule has 1 N–H and O–H groups in total. The van der Waals surface area contributed by atoms with Gasteiger partial charge in [-0.25, -0.2) is 0 Å². The van der Waals surface area contributed by atoms with Crippen molar-refractivity contribution in [1.82, 2.24) is 3.53 Å². The molecule has 1 nitrogen and oxygen atoms in total. The fourth-order valence-electron chi connectivity index (χ4n) is 1.80. The van der Waals surface area contributed by atoms with Crippen LogP contribution < -0.4 is 25.0 Å². The van der Waals surface area contributed by atoms with Gasteiger partial charge in [-0.2, -0.15) is 0 Å². The molecule has 11 heavy (non-hydrogen) atoms. The van der Waals surface area contributed by atoms with Gasteiger partial charge in [0.2, 0.25) is 0 Å². The number of nitrogens with one attached hydrogen (secondary N) is 1. The maximum atomic E-state index is 3.59. The van der Waals surface area contributed by atoms with E-state index in [4.69, 9.17) is 0 Å². The minimum atomic E-state index is 0.379. The quantitative estimate of drug-likeness (QED) is 0.386. The molecule has 0 unspecified atom stereocenters. The van der Waals surface area contributed by atoms with Crippen LogP contribution in [0.1, 0.15) is 33.6 Å². The first-order valence-electron chi connectivity index (χ1n) is 4.43. The van der Waals surface area contributed by atoms with E-state index in [0.717, 1.165) is 5.92 Å². The van der Waals surface area contributed by atoms with Crippen LogP contribution in [0, 0.1) is 11.3 Å². The average molecular weight is 268 g/mol. The summed E-state index contributed by atoms with van der Waals surface area (Å²) in [5, 5.41) is 0. The van der Waals surface area contributed by atoms with E-state index < -0.39 is 0 Å². The molecule has 68 valence electrons. The van der Waals surface area contributed by atoms with E-state index in [1.165, 1.54) is 23.8 Å². The third-order valence-corrected chi connectivity index (χ3v) is 4.28. The Balaban J connectivity index is 2.37. The van der Waals surface area contributed by atoms with Crippen LogP contribution in [0.4, 0.5) is 0 Å². The molecule has 1 aliphatic rings. The van der Waals surface area contributed by atoms with Crippen LogP contribution in [0.2, 0.25) is 0 Å². The van der Waals surface area contributed by atoms with Crippen molar-refractivity contribution in [2.75, 3.05) is 11.0 Å². The van der Waals surface area contributed by atoms with Gasteiger partial charge < -0.3 is 0 Å². The van der Waals surface area contributed by atoms with Crippen molar-refractivity contribution in [3.05, 3.63) is 0 Å². The normalized spacial score (nSPS) is 33.5. The molecular formula is C9H19IN-. The Hall–Kier alpha value is 0.690. The summed E-state index contributed by atoms with van der Waals surface area (Å²) in [6.07, 6.45) is 2.86. The summed E-state index contributed by atoms with van der Waals surface area (Å²) in [4.78, 5) is 0. The molecule has 1 aliphatic heterocycles. The zero-order valence-corrected chi connectivity index (χ0v) is 9.94. The molecule has 0 aromatic heterocycles. The fraction of sp³-hybridized carbons (Fsp3) is 1.00. The zero-order valence-electron chi connectivity index (χ0n) is 7.78. The van der Waals surface area contributed by atoms with Gasteiger partial charge in [-0.05, 0) is 0 Å². The van der Waals surface area contributed by atoms with Gasteiger partial charge in [0.25, 0.3) is 0 Å². The summed E-state index contributed by atoms with van der Waals surface area (Å²) in [7, 11) is 0. The molecule has 1 atom stereocenters. The first-order chi connectivity index (χ1) is 5.12. The number of halogens is 1. The van der Waals surface area contributed by atoms with E-state index in [1.54, 1.807) is 0 Å². The van der Waals surface area contributed by atoms with Crippen LogP contribution in [0.25, 0.3) is 0 Å². The summed E-state index contributed by atoms with van der Waals surface area (Å²) < 4.78 is 5.06. The van der Waals surface area contributed by atoms with Crippen LogP contribution in [0.3, 0.4) is 0 Å². The van der Waals surface area contributed by atoms with Gasteiger partial charge in [-0.15, -0.1) is 0 Å². The Bertz CT molecular complexity index is 117. The molecule has 1 heterocycles. The molecule has 2 heteroatoms. The van der Waals surface area contributed by atoms with Crippen LogP contribution in [0.5, 0.6) is 0 Å². The van der Waals surface area contributed by atoms with Crippen LogP contribution in [-0.2, 0) is 0 Å². The second kappa shape index (κ2) is 4.08. The molecule has 0 spiro atoms. The standard InChI is InChI=1S/C9H19IN/c1-8(2)6-9(3)4-5-10-11-7-9/h8,11H,4-7H2,1-3H3/q-1/t9-/m0/s1. The van der Waals surface area contributed by atoms with E-state index >= 15 is 0 Å². The van der Waals surface area contributed by atoms with Gasteiger partial charge in [-0.1, -0.05) is 0 Å². The maximum absolute atomic E-state index is 3.59. The fourth-order valence-corrected chi connectivity index (χ4v) is 4.94. The van der Waals surface area contributed by atoms with E-state index in [0.29, 0.717) is 26.9 Å². The third-order valence-electron chi connectivity index (χ3n) is 2.28. The van der Waals surface area contributed by atoms with Crippen molar-refractivity contribution in [1.29, 1.82) is 0 Å². The SMILES string of the molecule is CC(C)C[C@]1(C)CC[I-]NC1. The molecule has 0 amide bonds. The van der Waals surface area contributed by atoms with Gasteiger partial charge in [0.1, 0.15) is 0 Å². The first kappa shape index (κ1) is 9.78. The number of hydrogen-bond donors (Lipinski definition) is 1. The average Bonchev–Trinajstić information content (AvgIpc) is 1.85. The van der Waals surface area contributed by atoms with Gasteiger partial charge in [0, 0.05) is 0 Å². The Kier molecular flexibility index (Phi) is 3.62. The summed E-state index contributed by atoms with van der Waals surface area (Å²) >= 11 is 0.379. The second-order valence-electron chi connectivity index (χ2n) is 4.29. The minimum absolute atomic E-state index is 0.379. The summed E-state index contributed by atoms with van der Waals surface area (Å²) in [5.41, 5.74) is 0.617. The molecule has 1 rings (SSSR count). The van der Waals surface area contributed by atoms with Crippen LogP contribution in [0.15, 0.2) is 0 Å². The molecule has 0 aliphatic carbocycles. The van der Waals surface area contributed by atoms with Gasteiger partial charge >= 0.3 is 80.9 Å². The Morgan fingerprint density at radius 2 is 2.27 bits per heavy atom. The van der Waals surface area contributed by atoms with Gasteiger partial charge in [0.05, 0.1) is 0 Å². The van der Waals surface area contributed by atoms with E-state index in [2.05, 4.69) is 24.3 Å². The molecular weight excluding hydrogens is 249 g/mol. The summed E-state index contributed by atoms with van der Waals surface area (Å²) in [5.74, 6) is 0.859. The monoisotopic (exact) mass is 268 g/mol. The topological polar surface area (TPSA) is 12.0 Å². The summed E-state index contributed by atoms with van der Waals surface area (Å²) in [6, 6.07) is 0. The number of hydrogen-bond acceptors (Lipinski definition) is 1. The number of alkyl halides is 1. The molecule has 0 bridgehead atoms.